The minimum absolute atomic E-state index is 0.321. The molecule has 0 N–H and O–H groups in total. The van der Waals surface area contributed by atoms with Crippen LogP contribution in [0.3, 0.4) is 0 Å². The largest absolute Gasteiger partial charge is 0.456 e. The first-order valence-electron chi connectivity index (χ1n) is 8.36. The predicted octanol–water partition coefficient (Wildman–Crippen LogP) is 3.97. The van der Waals surface area contributed by atoms with Crippen molar-refractivity contribution in [3.63, 3.8) is 0 Å². The molecule has 5 nitrogen and oxygen atoms in total. The van der Waals surface area contributed by atoms with Crippen LogP contribution in [0.5, 0.6) is 0 Å². The number of hydrogen-bond acceptors (Lipinski definition) is 5. The fourth-order valence-corrected chi connectivity index (χ4v) is 3.38. The van der Waals surface area contributed by atoms with Gasteiger partial charge in [-0.25, -0.2) is 9.59 Å². The summed E-state index contributed by atoms with van der Waals surface area (Å²) in [5.41, 5.74) is 0.933. The van der Waals surface area contributed by atoms with Crippen molar-refractivity contribution in [2.45, 2.75) is 36.7 Å². The van der Waals surface area contributed by atoms with Gasteiger partial charge in [0.15, 0.2) is 0 Å². The van der Waals surface area contributed by atoms with Crippen molar-refractivity contribution in [1.82, 2.24) is 0 Å². The molecule has 2 aromatic carbocycles. The highest BCUT2D eigenvalue weighted by Gasteiger charge is 2.39. The quantitative estimate of drug-likeness (QED) is 0.555. The number of carbonyl (C=O) groups is 2. The van der Waals surface area contributed by atoms with Gasteiger partial charge in [-0.15, -0.1) is 0 Å². The summed E-state index contributed by atoms with van der Waals surface area (Å²) in [5, 5.41) is -0.461. The normalized spacial score (nSPS) is 25.3. The molecule has 1 fully saturated rings. The number of halogens is 1. The molecule has 136 valence electrons. The zero-order valence-corrected chi connectivity index (χ0v) is 15.8. The average molecular weight is 419 g/mol. The summed E-state index contributed by atoms with van der Waals surface area (Å²) in [6.45, 7) is 1.83. The van der Waals surface area contributed by atoms with Crippen molar-refractivity contribution >= 4 is 27.9 Å². The summed E-state index contributed by atoms with van der Waals surface area (Å²) >= 11 is 3.39. The van der Waals surface area contributed by atoms with E-state index in [1.807, 2.05) is 19.1 Å². The molecule has 2 aromatic rings. The molecule has 1 saturated heterocycles. The van der Waals surface area contributed by atoms with Crippen molar-refractivity contribution in [3.8, 4) is 0 Å². The average Bonchev–Trinajstić information content (AvgIpc) is 2.66. The number of hydrogen-bond donors (Lipinski definition) is 0. The minimum atomic E-state index is -0.563. The van der Waals surface area contributed by atoms with E-state index < -0.39 is 29.2 Å². The maximum Gasteiger partial charge on any atom is 0.338 e. The number of benzene rings is 2. The fourth-order valence-electron chi connectivity index (χ4n) is 2.71. The van der Waals surface area contributed by atoms with Crippen molar-refractivity contribution in [3.05, 3.63) is 71.8 Å². The first kappa shape index (κ1) is 18.6. The topological polar surface area (TPSA) is 61.8 Å². The van der Waals surface area contributed by atoms with Crippen LogP contribution in [0.15, 0.2) is 60.7 Å². The zero-order valence-electron chi connectivity index (χ0n) is 14.2. The standard InChI is InChI=1S/C20H19BrO5/c1-13-16(25-19(22)14-8-4-2-5-9-14)12-17(18(21)24-13)26-20(23)15-10-6-3-7-11-15/h2-11,13,16-18H,12H2,1H3. The Bertz CT molecular complexity index is 686. The monoisotopic (exact) mass is 418 g/mol. The molecule has 0 aliphatic carbocycles. The molecule has 0 bridgehead atoms. The van der Waals surface area contributed by atoms with Gasteiger partial charge in [0.1, 0.15) is 17.2 Å². The molecule has 0 spiro atoms. The van der Waals surface area contributed by atoms with E-state index in [0.717, 1.165) is 0 Å². The molecule has 3 rings (SSSR count). The maximum atomic E-state index is 12.3. The van der Waals surface area contributed by atoms with E-state index in [2.05, 4.69) is 15.9 Å². The Kier molecular flexibility index (Phi) is 6.06. The van der Waals surface area contributed by atoms with Crippen LogP contribution in [0.1, 0.15) is 34.1 Å². The van der Waals surface area contributed by atoms with E-state index in [4.69, 9.17) is 14.2 Å². The van der Waals surface area contributed by atoms with Gasteiger partial charge in [0.05, 0.1) is 17.2 Å². The van der Waals surface area contributed by atoms with Crippen LogP contribution in [-0.4, -0.2) is 35.3 Å². The summed E-state index contributed by atoms with van der Waals surface area (Å²) in [4.78, 5) is 24.6. The number of rotatable bonds is 4. The summed E-state index contributed by atoms with van der Waals surface area (Å²) in [6.07, 6.45) is -1.04. The summed E-state index contributed by atoms with van der Waals surface area (Å²) in [5.74, 6) is -0.862. The molecule has 6 heteroatoms. The van der Waals surface area contributed by atoms with Gasteiger partial charge >= 0.3 is 11.9 Å². The number of alkyl halides is 1. The van der Waals surface area contributed by atoms with E-state index in [1.165, 1.54) is 0 Å². The van der Waals surface area contributed by atoms with Crippen LogP contribution in [0.25, 0.3) is 0 Å². The minimum Gasteiger partial charge on any atom is -0.456 e. The number of carbonyl (C=O) groups excluding carboxylic acids is 2. The number of esters is 2. The lowest BCUT2D eigenvalue weighted by molar-refractivity contribution is -0.133. The third-order valence-electron chi connectivity index (χ3n) is 4.16. The highest BCUT2D eigenvalue weighted by atomic mass is 79.9. The fraction of sp³-hybridized carbons (Fsp3) is 0.300. The van der Waals surface area contributed by atoms with Gasteiger partial charge in [-0.3, -0.25) is 0 Å². The Balaban J connectivity index is 1.65. The second-order valence-electron chi connectivity index (χ2n) is 6.05. The smallest absolute Gasteiger partial charge is 0.338 e. The van der Waals surface area contributed by atoms with E-state index in [0.29, 0.717) is 17.5 Å². The van der Waals surface area contributed by atoms with Gasteiger partial charge in [-0.1, -0.05) is 52.3 Å². The molecule has 26 heavy (non-hydrogen) atoms. The summed E-state index contributed by atoms with van der Waals surface area (Å²) in [6, 6.07) is 17.5. The molecule has 1 aliphatic rings. The van der Waals surface area contributed by atoms with E-state index in [1.54, 1.807) is 48.5 Å². The Morgan fingerprint density at radius 3 is 1.85 bits per heavy atom. The van der Waals surface area contributed by atoms with Crippen molar-refractivity contribution < 1.29 is 23.8 Å². The number of ether oxygens (including phenoxy) is 3. The van der Waals surface area contributed by atoms with Crippen LogP contribution >= 0.6 is 15.9 Å². The van der Waals surface area contributed by atoms with Crippen molar-refractivity contribution in [1.29, 1.82) is 0 Å². The molecule has 4 atom stereocenters. The first-order chi connectivity index (χ1) is 12.5. The molecule has 4 unspecified atom stereocenters. The van der Waals surface area contributed by atoms with E-state index in [9.17, 15) is 9.59 Å². The predicted molar refractivity (Wildman–Crippen MR) is 99.2 cm³/mol. The molecule has 0 radical (unpaired) electrons. The Hall–Kier alpha value is -2.18. The molecule has 1 heterocycles. The van der Waals surface area contributed by atoms with Crippen molar-refractivity contribution in [2.24, 2.45) is 0 Å². The Morgan fingerprint density at radius 1 is 0.885 bits per heavy atom. The van der Waals surface area contributed by atoms with Crippen molar-refractivity contribution in [2.75, 3.05) is 0 Å². The summed E-state index contributed by atoms with van der Waals surface area (Å²) in [7, 11) is 0. The van der Waals surface area contributed by atoms with Crippen LogP contribution in [-0.2, 0) is 14.2 Å². The molecular formula is C20H19BrO5. The second-order valence-corrected chi connectivity index (χ2v) is 6.95. The molecular weight excluding hydrogens is 400 g/mol. The van der Waals surface area contributed by atoms with Crippen LogP contribution in [0.4, 0.5) is 0 Å². The maximum absolute atomic E-state index is 12.3. The van der Waals surface area contributed by atoms with E-state index >= 15 is 0 Å². The van der Waals surface area contributed by atoms with Gasteiger partial charge in [0.2, 0.25) is 0 Å². The van der Waals surface area contributed by atoms with Gasteiger partial charge in [0, 0.05) is 6.42 Å². The van der Waals surface area contributed by atoms with Gasteiger partial charge < -0.3 is 14.2 Å². The Labute approximate surface area is 160 Å². The summed E-state index contributed by atoms with van der Waals surface area (Å²) < 4.78 is 16.9. The van der Waals surface area contributed by atoms with Crippen LogP contribution in [0, 0.1) is 0 Å². The van der Waals surface area contributed by atoms with Gasteiger partial charge in [0.25, 0.3) is 0 Å². The third kappa shape index (κ3) is 4.51. The highest BCUT2D eigenvalue weighted by molar-refractivity contribution is 9.09. The molecule has 0 amide bonds. The zero-order chi connectivity index (χ0) is 18.5. The molecule has 1 aliphatic heterocycles. The van der Waals surface area contributed by atoms with E-state index in [-0.39, 0.29) is 6.10 Å². The first-order valence-corrected chi connectivity index (χ1v) is 9.28. The second kappa shape index (κ2) is 8.47. The van der Waals surface area contributed by atoms with Gasteiger partial charge in [-0.05, 0) is 31.2 Å². The highest BCUT2D eigenvalue weighted by Crippen LogP contribution is 2.29. The van der Waals surface area contributed by atoms with Crippen LogP contribution in [0.2, 0.25) is 0 Å². The lowest BCUT2D eigenvalue weighted by Gasteiger charge is -2.36. The molecule has 0 saturated carbocycles. The van der Waals surface area contributed by atoms with Gasteiger partial charge in [-0.2, -0.15) is 0 Å². The van der Waals surface area contributed by atoms with Crippen LogP contribution < -0.4 is 0 Å². The molecule has 0 aromatic heterocycles. The Morgan fingerprint density at radius 2 is 1.35 bits per heavy atom. The SMILES string of the molecule is CC1OC(Br)C(OC(=O)c2ccccc2)CC1OC(=O)c1ccccc1. The third-order valence-corrected chi connectivity index (χ3v) is 4.97. The lowest BCUT2D eigenvalue weighted by atomic mass is 10.0. The lowest BCUT2D eigenvalue weighted by Crippen LogP contribution is -2.47.